The van der Waals surface area contributed by atoms with Crippen molar-refractivity contribution in [2.45, 2.75) is 32.4 Å². The summed E-state index contributed by atoms with van der Waals surface area (Å²) >= 11 is 4.13. The fourth-order valence-electron chi connectivity index (χ4n) is 4.25. The number of primary amides is 1. The predicted molar refractivity (Wildman–Crippen MR) is 143 cm³/mol. The maximum atomic E-state index is 13.6. The molecule has 3 aromatic carbocycles. The van der Waals surface area contributed by atoms with Crippen LogP contribution in [0, 0.1) is 0 Å². The smallest absolute Gasteiger partial charge is 0.329 e. The van der Waals surface area contributed by atoms with Gasteiger partial charge in [0.2, 0.25) is 0 Å². The molecule has 0 aromatic heterocycles. The Morgan fingerprint density at radius 3 is 2.54 bits per heavy atom. The SMILES string of the molecule is CCCCC(Oc1cccc(N(S)C(N)=O)c1)N1CCN(c2ccccc2-c2ccccc2)C1=O. The number of benzene rings is 3. The minimum atomic E-state index is -0.685. The average molecular weight is 491 g/mol. The Morgan fingerprint density at radius 1 is 1.06 bits per heavy atom. The van der Waals surface area contributed by atoms with Gasteiger partial charge in [-0.25, -0.2) is 13.9 Å². The predicted octanol–water partition coefficient (Wildman–Crippen LogP) is 5.92. The van der Waals surface area contributed by atoms with Crippen LogP contribution in [0.5, 0.6) is 5.75 Å². The molecule has 1 unspecified atom stereocenters. The molecule has 35 heavy (non-hydrogen) atoms. The van der Waals surface area contributed by atoms with Gasteiger partial charge in [0, 0.05) is 31.1 Å². The largest absolute Gasteiger partial charge is 0.470 e. The van der Waals surface area contributed by atoms with Crippen LogP contribution < -0.4 is 19.7 Å². The monoisotopic (exact) mass is 490 g/mol. The standard InChI is InChI=1S/C27H30N4O3S/c1-2-3-16-25(34-22-13-9-12-21(19-22)31(35)26(28)32)30-18-17-29(27(30)33)24-15-8-7-14-23(24)20-10-5-4-6-11-20/h4-15,19,25,35H,2-3,16-18H2,1H3,(H2,28,32). The van der Waals surface area contributed by atoms with E-state index in [1.807, 2.05) is 59.5 Å². The number of para-hydroxylation sites is 1. The number of carbonyl (C=O) groups excluding carboxylic acids is 2. The molecule has 2 N–H and O–H groups in total. The summed E-state index contributed by atoms with van der Waals surface area (Å²) in [5.41, 5.74) is 8.80. The lowest BCUT2D eigenvalue weighted by Crippen LogP contribution is -2.42. The number of rotatable bonds is 9. The minimum Gasteiger partial charge on any atom is -0.470 e. The fourth-order valence-corrected chi connectivity index (χ4v) is 4.37. The van der Waals surface area contributed by atoms with Crippen molar-refractivity contribution in [3.05, 3.63) is 78.9 Å². The summed E-state index contributed by atoms with van der Waals surface area (Å²) in [6.07, 6.45) is 2.15. The number of urea groups is 2. The molecule has 1 fully saturated rings. The Bertz CT molecular complexity index is 1170. The number of nitrogens with two attached hydrogens (primary N) is 1. The third-order valence-electron chi connectivity index (χ3n) is 6.02. The van der Waals surface area contributed by atoms with Crippen molar-refractivity contribution in [2.24, 2.45) is 5.73 Å². The van der Waals surface area contributed by atoms with Crippen LogP contribution in [-0.4, -0.2) is 36.3 Å². The van der Waals surface area contributed by atoms with Gasteiger partial charge in [0.15, 0.2) is 6.23 Å². The number of anilines is 2. The fraction of sp³-hybridized carbons (Fsp3) is 0.259. The van der Waals surface area contributed by atoms with Crippen LogP contribution in [0.1, 0.15) is 26.2 Å². The number of nitrogens with zero attached hydrogens (tertiary/aromatic N) is 3. The normalized spacial score (nSPS) is 14.2. The van der Waals surface area contributed by atoms with E-state index in [0.717, 1.165) is 34.0 Å². The molecule has 4 amide bonds. The highest BCUT2D eigenvalue weighted by Crippen LogP contribution is 2.34. The minimum absolute atomic E-state index is 0.0846. The summed E-state index contributed by atoms with van der Waals surface area (Å²) < 4.78 is 7.36. The van der Waals surface area contributed by atoms with Gasteiger partial charge in [-0.1, -0.05) is 80.8 Å². The van der Waals surface area contributed by atoms with Gasteiger partial charge in [0.05, 0.1) is 11.4 Å². The van der Waals surface area contributed by atoms with E-state index < -0.39 is 12.3 Å². The second-order valence-corrected chi connectivity index (χ2v) is 8.77. The molecule has 8 heteroatoms. The molecule has 3 aromatic rings. The van der Waals surface area contributed by atoms with Crippen molar-refractivity contribution in [1.82, 2.24) is 4.90 Å². The van der Waals surface area contributed by atoms with E-state index in [0.29, 0.717) is 30.9 Å². The molecule has 1 saturated heterocycles. The van der Waals surface area contributed by atoms with E-state index in [1.54, 1.807) is 29.2 Å². The number of amides is 4. The van der Waals surface area contributed by atoms with Crippen LogP contribution in [-0.2, 0) is 0 Å². The zero-order valence-electron chi connectivity index (χ0n) is 19.7. The lowest BCUT2D eigenvalue weighted by atomic mass is 10.0. The first-order valence-electron chi connectivity index (χ1n) is 11.8. The maximum absolute atomic E-state index is 13.6. The van der Waals surface area contributed by atoms with Gasteiger partial charge in [0.25, 0.3) is 0 Å². The topological polar surface area (TPSA) is 79.1 Å². The molecule has 1 atom stereocenters. The van der Waals surface area contributed by atoms with E-state index in [2.05, 4.69) is 19.7 Å². The number of hydrogen-bond donors (Lipinski definition) is 2. The zero-order chi connectivity index (χ0) is 24.8. The Morgan fingerprint density at radius 2 is 1.80 bits per heavy atom. The van der Waals surface area contributed by atoms with Crippen molar-refractivity contribution >= 4 is 36.3 Å². The van der Waals surface area contributed by atoms with E-state index in [1.165, 1.54) is 0 Å². The third-order valence-corrected chi connectivity index (χ3v) is 6.44. The summed E-state index contributed by atoms with van der Waals surface area (Å²) in [5, 5.41) is 0. The highest BCUT2D eigenvalue weighted by atomic mass is 32.1. The summed E-state index contributed by atoms with van der Waals surface area (Å²) in [6.45, 7) is 3.23. The summed E-state index contributed by atoms with van der Waals surface area (Å²) in [4.78, 5) is 28.8. The lowest BCUT2D eigenvalue weighted by Gasteiger charge is -2.29. The molecule has 4 rings (SSSR count). The van der Waals surface area contributed by atoms with Crippen LogP contribution >= 0.6 is 12.8 Å². The van der Waals surface area contributed by atoms with Gasteiger partial charge >= 0.3 is 12.1 Å². The van der Waals surface area contributed by atoms with Crippen molar-refractivity contribution in [1.29, 1.82) is 0 Å². The summed E-state index contributed by atoms with van der Waals surface area (Å²) in [7, 11) is 0. The van der Waals surface area contributed by atoms with Crippen LogP contribution in [0.2, 0.25) is 0 Å². The van der Waals surface area contributed by atoms with Crippen molar-refractivity contribution in [3.8, 4) is 16.9 Å². The molecule has 1 heterocycles. The summed E-state index contributed by atoms with van der Waals surface area (Å²) in [6, 6.07) is 24.3. The highest BCUT2D eigenvalue weighted by molar-refractivity contribution is 7.82. The molecule has 182 valence electrons. The lowest BCUT2D eigenvalue weighted by molar-refractivity contribution is 0.0579. The molecular weight excluding hydrogens is 460 g/mol. The molecule has 0 spiro atoms. The highest BCUT2D eigenvalue weighted by Gasteiger charge is 2.36. The van der Waals surface area contributed by atoms with E-state index in [9.17, 15) is 9.59 Å². The average Bonchev–Trinajstić information content (AvgIpc) is 3.27. The Labute approximate surface area is 211 Å². The molecule has 1 aliphatic rings. The summed E-state index contributed by atoms with van der Waals surface area (Å²) in [5.74, 6) is 0.542. The quantitative estimate of drug-likeness (QED) is 0.365. The van der Waals surface area contributed by atoms with E-state index in [-0.39, 0.29) is 6.03 Å². The van der Waals surface area contributed by atoms with Gasteiger partial charge in [0.1, 0.15) is 5.75 Å². The second kappa shape index (κ2) is 11.2. The van der Waals surface area contributed by atoms with Crippen molar-refractivity contribution in [2.75, 3.05) is 22.3 Å². The number of ether oxygens (including phenoxy) is 1. The van der Waals surface area contributed by atoms with Gasteiger partial charge in [-0.15, -0.1) is 0 Å². The van der Waals surface area contributed by atoms with E-state index >= 15 is 0 Å². The third kappa shape index (κ3) is 5.54. The Kier molecular flexibility index (Phi) is 7.82. The van der Waals surface area contributed by atoms with Gasteiger partial charge in [-0.3, -0.25) is 9.80 Å². The first-order valence-corrected chi connectivity index (χ1v) is 12.2. The number of hydrogen-bond acceptors (Lipinski definition) is 4. The number of carbonyl (C=O) groups is 2. The van der Waals surface area contributed by atoms with Crippen LogP contribution in [0.25, 0.3) is 11.1 Å². The first kappa shape index (κ1) is 24.5. The van der Waals surface area contributed by atoms with Crippen LogP contribution in [0.4, 0.5) is 21.0 Å². The molecule has 0 radical (unpaired) electrons. The maximum Gasteiger partial charge on any atom is 0.329 e. The molecular formula is C27H30N4O3S. The zero-order valence-corrected chi connectivity index (χ0v) is 20.6. The van der Waals surface area contributed by atoms with Gasteiger partial charge in [-0.2, -0.15) is 0 Å². The molecule has 0 bridgehead atoms. The second-order valence-electron chi connectivity index (χ2n) is 8.37. The van der Waals surface area contributed by atoms with E-state index in [4.69, 9.17) is 10.5 Å². The Balaban J connectivity index is 1.58. The molecule has 1 aliphatic heterocycles. The van der Waals surface area contributed by atoms with Crippen LogP contribution in [0.15, 0.2) is 78.9 Å². The molecule has 7 nitrogen and oxygen atoms in total. The van der Waals surface area contributed by atoms with Gasteiger partial charge in [-0.05, 0) is 30.2 Å². The number of thiol groups is 1. The van der Waals surface area contributed by atoms with Crippen molar-refractivity contribution < 1.29 is 14.3 Å². The van der Waals surface area contributed by atoms with Crippen molar-refractivity contribution in [3.63, 3.8) is 0 Å². The first-order chi connectivity index (χ1) is 17.0. The number of unbranched alkanes of at least 4 members (excludes halogenated alkanes) is 1. The van der Waals surface area contributed by atoms with Gasteiger partial charge < -0.3 is 10.5 Å². The molecule has 0 saturated carbocycles. The van der Waals surface area contributed by atoms with Crippen LogP contribution in [0.3, 0.4) is 0 Å². The molecule has 0 aliphatic carbocycles. The Hall–Kier alpha value is -3.65.